The summed E-state index contributed by atoms with van der Waals surface area (Å²) in [4.78, 5) is 0. The number of hydrogen-bond donors (Lipinski definition) is 0. The second kappa shape index (κ2) is 6.42. The van der Waals surface area contributed by atoms with Gasteiger partial charge >= 0.3 is 110 Å². The van der Waals surface area contributed by atoms with Crippen LogP contribution >= 0.6 is 19.8 Å². The molecule has 0 saturated carbocycles. The molecule has 0 aliphatic carbocycles. The zero-order valence-electron chi connectivity index (χ0n) is 11.6. The number of hydrogen-bond acceptors (Lipinski definition) is 0. The van der Waals surface area contributed by atoms with Crippen molar-refractivity contribution in [1.29, 1.82) is 0 Å². The standard InChI is InChI=1S/C15H29I/c1-6-7-8-16-11-14(9-13(2)3)10-15(4,5)12-16/h14H,2,6-12H2,1,3-5H3. The Labute approximate surface area is 110 Å². The van der Waals surface area contributed by atoms with Crippen LogP contribution in [-0.4, -0.2) is 13.3 Å². The summed E-state index contributed by atoms with van der Waals surface area (Å²) in [5.74, 6) is 0.975. The Bertz CT molecular complexity index is 230. The minimum atomic E-state index is -0.607. The number of alkyl halides is 3. The fourth-order valence-corrected chi connectivity index (χ4v) is 11.4. The molecule has 1 unspecified atom stereocenters. The van der Waals surface area contributed by atoms with Crippen molar-refractivity contribution in [1.82, 2.24) is 0 Å². The van der Waals surface area contributed by atoms with Crippen LogP contribution in [-0.2, 0) is 0 Å². The third kappa shape index (κ3) is 5.20. The average molecular weight is 336 g/mol. The molecule has 1 heterocycles. The van der Waals surface area contributed by atoms with Crippen LogP contribution in [0.15, 0.2) is 12.2 Å². The van der Waals surface area contributed by atoms with Gasteiger partial charge in [0.15, 0.2) is 0 Å². The van der Waals surface area contributed by atoms with Gasteiger partial charge in [0.25, 0.3) is 0 Å². The Morgan fingerprint density at radius 1 is 1.44 bits per heavy atom. The van der Waals surface area contributed by atoms with E-state index in [1.54, 1.807) is 13.3 Å². The molecule has 0 aromatic heterocycles. The predicted molar refractivity (Wildman–Crippen MR) is 84.8 cm³/mol. The van der Waals surface area contributed by atoms with Crippen LogP contribution in [0.2, 0.25) is 0 Å². The van der Waals surface area contributed by atoms with E-state index in [0.717, 1.165) is 5.92 Å². The summed E-state index contributed by atoms with van der Waals surface area (Å²) < 4.78 is 4.82. The van der Waals surface area contributed by atoms with Gasteiger partial charge in [-0.15, -0.1) is 0 Å². The van der Waals surface area contributed by atoms with Gasteiger partial charge < -0.3 is 0 Å². The van der Waals surface area contributed by atoms with E-state index in [1.807, 2.05) is 0 Å². The molecule has 1 saturated heterocycles. The van der Waals surface area contributed by atoms with Crippen LogP contribution in [0.5, 0.6) is 0 Å². The van der Waals surface area contributed by atoms with Crippen LogP contribution in [0.25, 0.3) is 0 Å². The fraction of sp³-hybridized carbons (Fsp3) is 0.867. The van der Waals surface area contributed by atoms with Gasteiger partial charge in [0.2, 0.25) is 0 Å². The van der Waals surface area contributed by atoms with E-state index < -0.39 is 19.8 Å². The molecular weight excluding hydrogens is 307 g/mol. The van der Waals surface area contributed by atoms with Crippen molar-refractivity contribution in [2.45, 2.75) is 53.4 Å². The van der Waals surface area contributed by atoms with Gasteiger partial charge in [0.05, 0.1) is 0 Å². The Balaban J connectivity index is 2.51. The Hall–Kier alpha value is 0.470. The first kappa shape index (κ1) is 14.5. The third-order valence-corrected chi connectivity index (χ3v) is 11.1. The summed E-state index contributed by atoms with van der Waals surface area (Å²) in [6.45, 7) is 13.6. The van der Waals surface area contributed by atoms with Crippen LogP contribution in [0, 0.1) is 11.3 Å². The van der Waals surface area contributed by atoms with Crippen molar-refractivity contribution < 1.29 is 0 Å². The van der Waals surface area contributed by atoms with Crippen molar-refractivity contribution in [3.8, 4) is 0 Å². The summed E-state index contributed by atoms with van der Waals surface area (Å²) in [6.07, 6.45) is 5.61. The van der Waals surface area contributed by atoms with E-state index in [-0.39, 0.29) is 0 Å². The molecule has 1 rings (SSSR count). The summed E-state index contributed by atoms with van der Waals surface area (Å²) in [5, 5.41) is 0. The molecule has 1 heteroatoms. The van der Waals surface area contributed by atoms with E-state index in [0.29, 0.717) is 5.41 Å². The van der Waals surface area contributed by atoms with Crippen LogP contribution in [0.4, 0.5) is 0 Å². The maximum absolute atomic E-state index is 4.10. The second-order valence-electron chi connectivity index (χ2n) is 6.29. The molecule has 16 heavy (non-hydrogen) atoms. The van der Waals surface area contributed by atoms with Crippen LogP contribution < -0.4 is 0 Å². The molecule has 1 aliphatic rings. The Kier molecular flexibility index (Phi) is 5.83. The van der Waals surface area contributed by atoms with Gasteiger partial charge in [0, 0.05) is 0 Å². The Morgan fingerprint density at radius 2 is 2.12 bits per heavy atom. The molecule has 0 N–H and O–H groups in total. The average Bonchev–Trinajstić information content (AvgIpc) is 2.10. The van der Waals surface area contributed by atoms with Gasteiger partial charge in [-0.3, -0.25) is 0 Å². The molecule has 0 spiro atoms. The third-order valence-electron chi connectivity index (χ3n) is 3.22. The van der Waals surface area contributed by atoms with E-state index in [9.17, 15) is 0 Å². The zero-order valence-corrected chi connectivity index (χ0v) is 13.8. The SMILES string of the molecule is C=C(C)CC1CI(CCCC)CC(C)(C)C1. The normalized spacial score (nSPS) is 26.8. The summed E-state index contributed by atoms with van der Waals surface area (Å²) in [7, 11) is 0. The van der Waals surface area contributed by atoms with E-state index in [1.165, 1.54) is 31.3 Å². The zero-order chi connectivity index (χ0) is 12.2. The topological polar surface area (TPSA) is 0 Å². The first-order valence-corrected chi connectivity index (χ1v) is 11.2. The summed E-state index contributed by atoms with van der Waals surface area (Å²) >= 11 is -0.607. The molecule has 0 nitrogen and oxygen atoms in total. The summed E-state index contributed by atoms with van der Waals surface area (Å²) in [5.41, 5.74) is 2.03. The molecule has 1 atom stereocenters. The van der Waals surface area contributed by atoms with Gasteiger partial charge in [-0.1, -0.05) is 0 Å². The van der Waals surface area contributed by atoms with Gasteiger partial charge in [0.1, 0.15) is 0 Å². The van der Waals surface area contributed by atoms with Gasteiger partial charge in [-0.25, -0.2) is 0 Å². The quantitative estimate of drug-likeness (QED) is 0.363. The molecule has 0 aromatic rings. The van der Waals surface area contributed by atoms with E-state index in [2.05, 4.69) is 34.3 Å². The van der Waals surface area contributed by atoms with Crippen molar-refractivity contribution in [2.24, 2.45) is 11.3 Å². The molecular formula is C15H29I. The molecule has 0 amide bonds. The number of unbranched alkanes of at least 4 members (excludes halogenated alkanes) is 1. The van der Waals surface area contributed by atoms with Crippen LogP contribution in [0.3, 0.4) is 0 Å². The molecule has 0 bridgehead atoms. The first-order chi connectivity index (χ1) is 7.43. The number of allylic oxidation sites excluding steroid dienone is 1. The van der Waals surface area contributed by atoms with Crippen molar-refractivity contribution >= 4 is 19.8 Å². The van der Waals surface area contributed by atoms with Gasteiger partial charge in [-0.05, 0) is 0 Å². The molecule has 0 aromatic carbocycles. The maximum atomic E-state index is 4.10. The number of rotatable bonds is 5. The predicted octanol–water partition coefficient (Wildman–Crippen LogP) is 5.31. The van der Waals surface area contributed by atoms with Crippen molar-refractivity contribution in [3.05, 3.63) is 12.2 Å². The number of halogens is 1. The first-order valence-electron chi connectivity index (χ1n) is 6.65. The van der Waals surface area contributed by atoms with Crippen molar-refractivity contribution in [3.63, 3.8) is 0 Å². The van der Waals surface area contributed by atoms with E-state index >= 15 is 0 Å². The molecule has 1 fully saturated rings. The second-order valence-corrected chi connectivity index (χ2v) is 12.3. The Morgan fingerprint density at radius 3 is 2.69 bits per heavy atom. The molecule has 0 radical (unpaired) electrons. The molecule has 96 valence electrons. The fourth-order valence-electron chi connectivity index (χ4n) is 2.85. The van der Waals surface area contributed by atoms with Crippen LogP contribution in [0.1, 0.15) is 53.4 Å². The minimum absolute atomic E-state index is 0.607. The molecule has 1 aliphatic heterocycles. The van der Waals surface area contributed by atoms with Gasteiger partial charge in [-0.2, -0.15) is 0 Å². The monoisotopic (exact) mass is 336 g/mol. The van der Waals surface area contributed by atoms with E-state index in [4.69, 9.17) is 0 Å². The van der Waals surface area contributed by atoms with Crippen molar-refractivity contribution in [2.75, 3.05) is 13.3 Å². The summed E-state index contributed by atoms with van der Waals surface area (Å²) in [6, 6.07) is 0.